The average molecular weight is 934 g/mol. The van der Waals surface area contributed by atoms with Gasteiger partial charge in [0.1, 0.15) is 5.60 Å². The Kier molecular flexibility index (Phi) is 49.8. The Morgan fingerprint density at radius 3 is 0.682 bits per heavy atom. The molecule has 0 saturated carbocycles. The van der Waals surface area contributed by atoms with E-state index in [0.29, 0.717) is 6.42 Å². The molecule has 0 saturated heterocycles. The summed E-state index contributed by atoms with van der Waals surface area (Å²) < 4.78 is 7.58. The zero-order valence-electron chi connectivity index (χ0n) is 47.0. The second-order valence-corrected chi connectivity index (χ2v) is 22.3. The second-order valence-electron chi connectivity index (χ2n) is 22.3. The van der Waals surface area contributed by atoms with Crippen LogP contribution in [0.15, 0.2) is 0 Å². The Morgan fingerprint density at radius 2 is 0.424 bits per heavy atom. The van der Waals surface area contributed by atoms with Crippen molar-refractivity contribution in [2.45, 2.75) is 399 Å². The van der Waals surface area contributed by atoms with Gasteiger partial charge in [-0.3, -0.25) is 0 Å². The van der Waals surface area contributed by atoms with Crippen molar-refractivity contribution in [2.24, 2.45) is 0 Å². The van der Waals surface area contributed by atoms with Crippen LogP contribution in [0, 0.1) is 0 Å². The van der Waals surface area contributed by atoms with Gasteiger partial charge in [0.2, 0.25) is 0 Å². The van der Waals surface area contributed by atoms with Crippen LogP contribution in [-0.4, -0.2) is 33.6 Å². The number of ether oxygens (including phenoxy) is 1. The van der Waals surface area contributed by atoms with Crippen molar-refractivity contribution in [3.63, 3.8) is 0 Å². The molecule has 1 unspecified atom stereocenters. The van der Waals surface area contributed by atoms with E-state index in [1.54, 1.807) is 0 Å². The van der Waals surface area contributed by atoms with Gasteiger partial charge in [-0.15, -0.1) is 0 Å². The normalized spacial score (nSPS) is 13.3. The van der Waals surface area contributed by atoms with E-state index in [9.17, 15) is 10.2 Å². The lowest BCUT2D eigenvalue weighted by molar-refractivity contribution is -0.276. The maximum Gasteiger partial charge on any atom is 0.122 e. The van der Waals surface area contributed by atoms with Crippen molar-refractivity contribution in [1.29, 1.82) is 0 Å². The molecule has 0 aromatic heterocycles. The number of hydrogen-bond acceptors (Lipinski definition) is 3. The average Bonchev–Trinajstić information content (AvgIpc) is 3.32. The quantitative estimate of drug-likeness (QED) is 0.0598. The highest BCUT2D eigenvalue weighted by molar-refractivity contribution is 5.13. The predicted molar refractivity (Wildman–Crippen MR) is 297 cm³/mol. The predicted octanol–water partition coefficient (Wildman–Crippen LogP) is 22.0. The van der Waals surface area contributed by atoms with Crippen molar-refractivity contribution in [3.8, 4) is 0 Å². The molecule has 0 heterocycles. The third-order valence-electron chi connectivity index (χ3n) is 16.0. The summed E-state index contributed by atoms with van der Waals surface area (Å²) in [6.07, 6.45) is 65.1. The third-order valence-corrected chi connectivity index (χ3v) is 16.0. The Labute approximate surface area is 418 Å². The second kappa shape index (κ2) is 49.8. The van der Waals surface area contributed by atoms with Crippen LogP contribution >= 0.6 is 0 Å². The van der Waals surface area contributed by atoms with Crippen LogP contribution in [0.4, 0.5) is 0 Å². The van der Waals surface area contributed by atoms with E-state index in [1.165, 1.54) is 263 Å². The van der Waals surface area contributed by atoms with Crippen molar-refractivity contribution in [2.75, 3.05) is 6.61 Å². The lowest BCUT2D eigenvalue weighted by Crippen LogP contribution is -2.69. The molecule has 0 aromatic carbocycles. The lowest BCUT2D eigenvalue weighted by atomic mass is 9.61. The summed E-state index contributed by atoms with van der Waals surface area (Å²) in [5, 5.41) is 28.0. The van der Waals surface area contributed by atoms with Crippen LogP contribution in [0.3, 0.4) is 0 Å². The zero-order chi connectivity index (χ0) is 48.4. The van der Waals surface area contributed by atoms with Gasteiger partial charge in [-0.1, -0.05) is 343 Å². The minimum Gasteiger partial charge on any atom is -0.387 e. The standard InChI is InChI=1S/C63H128O3/c1-7-13-19-25-31-37-43-49-55-61(64,56-50-44-38-32-26-20-14-8-2)63(65,59-53-47-41-35-29-23-17-11-5)62(57-51-45-39-33-27-21-15-9-3,58-52-46-40-34-28-22-16-10-4)66-60-54-48-42-36-30-24-18-12-6/h64-65H,7-60H2,1-6H3. The van der Waals surface area contributed by atoms with Crippen LogP contribution in [0.5, 0.6) is 0 Å². The number of aliphatic hydroxyl groups is 2. The number of rotatable bonds is 57. The first kappa shape index (κ1) is 65.9. The molecule has 0 aliphatic heterocycles. The molecule has 0 aliphatic carbocycles. The molecule has 66 heavy (non-hydrogen) atoms. The molecule has 3 nitrogen and oxygen atoms in total. The first-order chi connectivity index (χ1) is 32.4. The van der Waals surface area contributed by atoms with Gasteiger partial charge in [0.15, 0.2) is 0 Å². The molecule has 0 aliphatic rings. The summed E-state index contributed by atoms with van der Waals surface area (Å²) in [5.74, 6) is 0. The summed E-state index contributed by atoms with van der Waals surface area (Å²) in [6, 6.07) is 0. The molecule has 0 bridgehead atoms. The minimum absolute atomic E-state index is 0.692. The van der Waals surface area contributed by atoms with Crippen molar-refractivity contribution in [3.05, 3.63) is 0 Å². The topological polar surface area (TPSA) is 49.7 Å². The maximum absolute atomic E-state index is 14.3. The Hall–Kier alpha value is -0.120. The highest BCUT2D eigenvalue weighted by Gasteiger charge is 2.61. The first-order valence-corrected chi connectivity index (χ1v) is 31.5. The van der Waals surface area contributed by atoms with Gasteiger partial charge < -0.3 is 14.9 Å². The van der Waals surface area contributed by atoms with Gasteiger partial charge in [-0.2, -0.15) is 0 Å². The molecule has 0 amide bonds. The molecule has 398 valence electrons. The van der Waals surface area contributed by atoms with E-state index in [1.807, 2.05) is 0 Å². The van der Waals surface area contributed by atoms with Crippen LogP contribution in [-0.2, 0) is 4.74 Å². The Balaban J connectivity index is 6.94. The van der Waals surface area contributed by atoms with E-state index < -0.39 is 16.8 Å². The zero-order valence-corrected chi connectivity index (χ0v) is 47.0. The van der Waals surface area contributed by atoms with Gasteiger partial charge in [0, 0.05) is 6.61 Å². The number of unbranched alkanes of at least 4 members (excludes halogenated alkanes) is 42. The first-order valence-electron chi connectivity index (χ1n) is 31.5. The largest absolute Gasteiger partial charge is 0.387 e. The lowest BCUT2D eigenvalue weighted by Gasteiger charge is -2.56. The SMILES string of the molecule is CCCCCCCCCCOC(CCCCCCCCCC)(CCCCCCCCCC)C(O)(CCCCCCCCCC)C(O)(CCCCCCCCCC)CCCCCCCCCC. The van der Waals surface area contributed by atoms with Gasteiger partial charge >= 0.3 is 0 Å². The molecule has 0 aromatic rings. The van der Waals surface area contributed by atoms with E-state index in [0.717, 1.165) is 77.2 Å². The van der Waals surface area contributed by atoms with Crippen molar-refractivity contribution >= 4 is 0 Å². The van der Waals surface area contributed by atoms with Crippen molar-refractivity contribution in [1.82, 2.24) is 0 Å². The van der Waals surface area contributed by atoms with E-state index in [2.05, 4.69) is 41.5 Å². The van der Waals surface area contributed by atoms with E-state index in [4.69, 9.17) is 4.74 Å². The summed E-state index contributed by atoms with van der Waals surface area (Å²) in [6.45, 7) is 14.6. The third kappa shape index (κ3) is 35.1. The highest BCUT2D eigenvalue weighted by atomic mass is 16.5. The van der Waals surface area contributed by atoms with Crippen LogP contribution in [0.1, 0.15) is 382 Å². The molecular formula is C63H128O3. The summed E-state index contributed by atoms with van der Waals surface area (Å²) >= 11 is 0. The molecule has 0 fully saturated rings. The fourth-order valence-corrected chi connectivity index (χ4v) is 11.4. The van der Waals surface area contributed by atoms with Crippen molar-refractivity contribution < 1.29 is 14.9 Å². The highest BCUT2D eigenvalue weighted by Crippen LogP contribution is 2.50. The maximum atomic E-state index is 14.3. The molecular weight excluding hydrogens is 805 g/mol. The molecule has 0 radical (unpaired) electrons. The summed E-state index contributed by atoms with van der Waals surface area (Å²) in [7, 11) is 0. The van der Waals surface area contributed by atoms with Gasteiger partial charge in [-0.05, 0) is 38.5 Å². The van der Waals surface area contributed by atoms with Gasteiger partial charge in [0.05, 0.1) is 11.2 Å². The minimum atomic E-state index is -1.24. The Morgan fingerprint density at radius 1 is 0.227 bits per heavy atom. The fraction of sp³-hybridized carbons (Fsp3) is 1.00. The van der Waals surface area contributed by atoms with Crippen LogP contribution in [0.2, 0.25) is 0 Å². The molecule has 0 spiro atoms. The smallest absolute Gasteiger partial charge is 0.122 e. The van der Waals surface area contributed by atoms with E-state index in [-0.39, 0.29) is 0 Å². The molecule has 1 atom stereocenters. The summed E-state index contributed by atoms with van der Waals surface area (Å²) in [4.78, 5) is 0. The monoisotopic (exact) mass is 933 g/mol. The van der Waals surface area contributed by atoms with E-state index >= 15 is 0 Å². The molecule has 0 rings (SSSR count). The number of hydrogen-bond donors (Lipinski definition) is 2. The molecule has 2 N–H and O–H groups in total. The fourth-order valence-electron chi connectivity index (χ4n) is 11.4. The molecule has 3 heteroatoms. The van der Waals surface area contributed by atoms with Gasteiger partial charge in [-0.25, -0.2) is 0 Å². The summed E-state index contributed by atoms with van der Waals surface area (Å²) in [5.41, 5.74) is -3.07. The van der Waals surface area contributed by atoms with Crippen LogP contribution < -0.4 is 0 Å². The van der Waals surface area contributed by atoms with Gasteiger partial charge in [0.25, 0.3) is 0 Å². The van der Waals surface area contributed by atoms with Crippen LogP contribution in [0.25, 0.3) is 0 Å². The Bertz CT molecular complexity index is 877.